The quantitative estimate of drug-likeness (QED) is 0.790. The second-order valence-corrected chi connectivity index (χ2v) is 4.31. The zero-order valence-electron chi connectivity index (χ0n) is 9.38. The molecule has 1 fully saturated rings. The third-order valence-electron chi connectivity index (χ3n) is 2.98. The standard InChI is InChI=1S/C14H18O2/c1-2-6-13-9-12(15)10-14(16-13)11-7-4-3-5-8-11/h2-5,7-8,12-15H,1,6,9-10H2/t12?,13-,14-/m0/s1. The molecule has 2 rings (SSSR count). The van der Waals surface area contributed by atoms with Gasteiger partial charge in [0.15, 0.2) is 0 Å². The lowest BCUT2D eigenvalue weighted by Crippen LogP contribution is -2.30. The van der Waals surface area contributed by atoms with Crippen LogP contribution in [-0.4, -0.2) is 17.3 Å². The summed E-state index contributed by atoms with van der Waals surface area (Å²) in [4.78, 5) is 0. The zero-order valence-corrected chi connectivity index (χ0v) is 9.38. The molecule has 1 heterocycles. The van der Waals surface area contributed by atoms with Gasteiger partial charge in [-0.25, -0.2) is 0 Å². The van der Waals surface area contributed by atoms with E-state index in [0.29, 0.717) is 6.42 Å². The van der Waals surface area contributed by atoms with Crippen molar-refractivity contribution in [3.63, 3.8) is 0 Å². The molecule has 16 heavy (non-hydrogen) atoms. The molecule has 1 aliphatic rings. The highest BCUT2D eigenvalue weighted by Gasteiger charge is 2.28. The van der Waals surface area contributed by atoms with Gasteiger partial charge in [-0.3, -0.25) is 0 Å². The third kappa shape index (κ3) is 2.71. The van der Waals surface area contributed by atoms with Crippen LogP contribution in [0.4, 0.5) is 0 Å². The predicted octanol–water partition coefficient (Wildman–Crippen LogP) is 2.84. The number of benzene rings is 1. The third-order valence-corrected chi connectivity index (χ3v) is 2.98. The maximum absolute atomic E-state index is 9.82. The van der Waals surface area contributed by atoms with Crippen molar-refractivity contribution in [2.24, 2.45) is 0 Å². The van der Waals surface area contributed by atoms with Gasteiger partial charge in [0.2, 0.25) is 0 Å². The molecule has 86 valence electrons. The Hall–Kier alpha value is -1.12. The van der Waals surface area contributed by atoms with Crippen LogP contribution in [-0.2, 0) is 4.74 Å². The van der Waals surface area contributed by atoms with Gasteiger partial charge < -0.3 is 9.84 Å². The van der Waals surface area contributed by atoms with Crippen LogP contribution in [0.5, 0.6) is 0 Å². The molecular formula is C14H18O2. The van der Waals surface area contributed by atoms with Gasteiger partial charge in [0.1, 0.15) is 0 Å². The Morgan fingerprint density at radius 1 is 1.31 bits per heavy atom. The summed E-state index contributed by atoms with van der Waals surface area (Å²) in [7, 11) is 0. The zero-order chi connectivity index (χ0) is 11.4. The summed E-state index contributed by atoms with van der Waals surface area (Å²) in [5.74, 6) is 0. The summed E-state index contributed by atoms with van der Waals surface area (Å²) in [6, 6.07) is 10.1. The highest BCUT2D eigenvalue weighted by atomic mass is 16.5. The molecule has 0 aromatic heterocycles. The molecule has 1 saturated heterocycles. The van der Waals surface area contributed by atoms with Gasteiger partial charge >= 0.3 is 0 Å². The second-order valence-electron chi connectivity index (χ2n) is 4.31. The monoisotopic (exact) mass is 218 g/mol. The molecule has 1 aromatic rings. The molecule has 1 unspecified atom stereocenters. The first-order valence-electron chi connectivity index (χ1n) is 5.79. The lowest BCUT2D eigenvalue weighted by atomic mass is 9.95. The number of aliphatic hydroxyl groups excluding tert-OH is 1. The van der Waals surface area contributed by atoms with Crippen molar-refractivity contribution >= 4 is 0 Å². The molecule has 1 aromatic carbocycles. The maximum Gasteiger partial charge on any atom is 0.0853 e. The number of rotatable bonds is 3. The summed E-state index contributed by atoms with van der Waals surface area (Å²) in [5.41, 5.74) is 1.15. The van der Waals surface area contributed by atoms with Crippen molar-refractivity contribution in [1.82, 2.24) is 0 Å². The lowest BCUT2D eigenvalue weighted by molar-refractivity contribution is -0.0957. The van der Waals surface area contributed by atoms with Crippen molar-refractivity contribution in [1.29, 1.82) is 0 Å². The first-order chi connectivity index (χ1) is 7.79. The number of hydrogen-bond donors (Lipinski definition) is 1. The van der Waals surface area contributed by atoms with E-state index < -0.39 is 0 Å². The van der Waals surface area contributed by atoms with E-state index in [9.17, 15) is 5.11 Å². The predicted molar refractivity (Wildman–Crippen MR) is 64.1 cm³/mol. The summed E-state index contributed by atoms with van der Waals surface area (Å²) in [6.07, 6.45) is 3.93. The fourth-order valence-electron chi connectivity index (χ4n) is 2.21. The Labute approximate surface area is 96.6 Å². The van der Waals surface area contributed by atoms with E-state index in [-0.39, 0.29) is 18.3 Å². The SMILES string of the molecule is C=CC[C@H]1CC(O)C[C@@H](c2ccccc2)O1. The lowest BCUT2D eigenvalue weighted by Gasteiger charge is -2.33. The molecule has 0 saturated carbocycles. The normalized spacial score (nSPS) is 29.9. The minimum absolute atomic E-state index is 0.0231. The Balaban J connectivity index is 2.07. The average Bonchev–Trinajstić information content (AvgIpc) is 2.30. The van der Waals surface area contributed by atoms with E-state index in [4.69, 9.17) is 4.74 Å². The van der Waals surface area contributed by atoms with E-state index in [1.165, 1.54) is 0 Å². The average molecular weight is 218 g/mol. The van der Waals surface area contributed by atoms with E-state index in [1.807, 2.05) is 36.4 Å². The molecular weight excluding hydrogens is 200 g/mol. The molecule has 0 aliphatic carbocycles. The van der Waals surface area contributed by atoms with Crippen molar-refractivity contribution < 1.29 is 9.84 Å². The van der Waals surface area contributed by atoms with Crippen LogP contribution in [0.15, 0.2) is 43.0 Å². The number of aliphatic hydroxyl groups is 1. The van der Waals surface area contributed by atoms with Crippen molar-refractivity contribution in [3.8, 4) is 0 Å². The van der Waals surface area contributed by atoms with Gasteiger partial charge in [0.25, 0.3) is 0 Å². The second kappa shape index (κ2) is 5.28. The van der Waals surface area contributed by atoms with Crippen LogP contribution in [0.25, 0.3) is 0 Å². The molecule has 0 amide bonds. The van der Waals surface area contributed by atoms with E-state index in [2.05, 4.69) is 6.58 Å². The fourth-order valence-corrected chi connectivity index (χ4v) is 2.21. The first-order valence-corrected chi connectivity index (χ1v) is 5.79. The summed E-state index contributed by atoms with van der Waals surface area (Å²) in [5, 5.41) is 9.82. The van der Waals surface area contributed by atoms with E-state index >= 15 is 0 Å². The van der Waals surface area contributed by atoms with Crippen LogP contribution in [0.1, 0.15) is 30.9 Å². The molecule has 1 aliphatic heterocycles. The van der Waals surface area contributed by atoms with Gasteiger partial charge in [-0.1, -0.05) is 36.4 Å². The minimum atomic E-state index is -0.260. The van der Waals surface area contributed by atoms with Crippen molar-refractivity contribution in [3.05, 3.63) is 48.6 Å². The molecule has 0 radical (unpaired) electrons. The van der Waals surface area contributed by atoms with Gasteiger partial charge in [-0.15, -0.1) is 6.58 Å². The van der Waals surface area contributed by atoms with Crippen LogP contribution in [0.3, 0.4) is 0 Å². The van der Waals surface area contributed by atoms with E-state index in [1.54, 1.807) is 0 Å². The molecule has 2 heteroatoms. The van der Waals surface area contributed by atoms with Crippen molar-refractivity contribution in [2.45, 2.75) is 37.6 Å². The maximum atomic E-state index is 9.82. The minimum Gasteiger partial charge on any atom is -0.393 e. The Kier molecular flexibility index (Phi) is 3.75. The Morgan fingerprint density at radius 2 is 2.06 bits per heavy atom. The molecule has 0 bridgehead atoms. The van der Waals surface area contributed by atoms with Crippen LogP contribution in [0.2, 0.25) is 0 Å². The van der Waals surface area contributed by atoms with Crippen LogP contribution < -0.4 is 0 Å². The summed E-state index contributed by atoms with van der Waals surface area (Å²) in [6.45, 7) is 3.72. The highest BCUT2D eigenvalue weighted by molar-refractivity contribution is 5.18. The largest absolute Gasteiger partial charge is 0.393 e. The smallest absolute Gasteiger partial charge is 0.0853 e. The van der Waals surface area contributed by atoms with Gasteiger partial charge in [-0.05, 0) is 18.4 Å². The number of hydrogen-bond acceptors (Lipinski definition) is 2. The van der Waals surface area contributed by atoms with Crippen LogP contribution >= 0.6 is 0 Å². The molecule has 2 nitrogen and oxygen atoms in total. The summed E-state index contributed by atoms with van der Waals surface area (Å²) >= 11 is 0. The Bertz CT molecular complexity index is 334. The van der Waals surface area contributed by atoms with Crippen LogP contribution in [0, 0.1) is 0 Å². The van der Waals surface area contributed by atoms with Gasteiger partial charge in [-0.2, -0.15) is 0 Å². The van der Waals surface area contributed by atoms with Crippen molar-refractivity contribution in [2.75, 3.05) is 0 Å². The van der Waals surface area contributed by atoms with Gasteiger partial charge in [0, 0.05) is 6.42 Å². The summed E-state index contributed by atoms with van der Waals surface area (Å²) < 4.78 is 5.95. The molecule has 3 atom stereocenters. The molecule has 0 spiro atoms. The van der Waals surface area contributed by atoms with Gasteiger partial charge in [0.05, 0.1) is 18.3 Å². The topological polar surface area (TPSA) is 29.5 Å². The first kappa shape index (κ1) is 11.4. The number of ether oxygens (including phenoxy) is 1. The van der Waals surface area contributed by atoms with E-state index in [0.717, 1.165) is 18.4 Å². The Morgan fingerprint density at radius 3 is 2.75 bits per heavy atom. The molecule has 1 N–H and O–H groups in total. The fraction of sp³-hybridized carbons (Fsp3) is 0.429. The highest BCUT2D eigenvalue weighted by Crippen LogP contribution is 2.32.